The van der Waals surface area contributed by atoms with Gasteiger partial charge >= 0.3 is 6.18 Å². The zero-order valence-electron chi connectivity index (χ0n) is 35.9. The number of halogens is 3. The molecule has 0 radical (unpaired) electrons. The van der Waals surface area contributed by atoms with Crippen LogP contribution >= 0.6 is 0 Å². The number of aromatic nitrogens is 1. The molecule has 1 aromatic heterocycles. The van der Waals surface area contributed by atoms with Crippen molar-refractivity contribution in [3.05, 3.63) is 41.6 Å². The molecule has 2 saturated carbocycles. The van der Waals surface area contributed by atoms with Crippen molar-refractivity contribution in [2.45, 2.75) is 119 Å². The van der Waals surface area contributed by atoms with E-state index in [1.807, 2.05) is 12.2 Å². The number of likely N-dealkylation sites (tertiary alicyclic amines) is 1. The Bertz CT molecular complexity index is 2350. The highest BCUT2D eigenvalue weighted by Crippen LogP contribution is 2.58. The fourth-order valence-electron chi connectivity index (χ4n) is 10.4. The predicted molar refractivity (Wildman–Crippen MR) is 222 cm³/mol. The first kappa shape index (κ1) is 45.0. The number of carbonyl (C=O) groups excluding carboxylic acids is 5. The van der Waals surface area contributed by atoms with Gasteiger partial charge in [-0.05, 0) is 81.9 Å². The van der Waals surface area contributed by atoms with Gasteiger partial charge in [0.2, 0.25) is 27.7 Å². The van der Waals surface area contributed by atoms with Crippen LogP contribution in [0.15, 0.2) is 30.4 Å². The van der Waals surface area contributed by atoms with Crippen LogP contribution < -0.4 is 14.2 Å². The average Bonchev–Trinajstić information content (AvgIpc) is 4.15. The summed E-state index contributed by atoms with van der Waals surface area (Å²) in [6.45, 7) is -0.157. The Kier molecular flexibility index (Phi) is 12.0. The minimum atomic E-state index is -4.93. The van der Waals surface area contributed by atoms with Gasteiger partial charge in [-0.2, -0.15) is 13.2 Å². The van der Waals surface area contributed by atoms with Gasteiger partial charge < -0.3 is 24.0 Å². The molecule has 1 aromatic carbocycles. The van der Waals surface area contributed by atoms with Crippen molar-refractivity contribution in [3.63, 3.8) is 0 Å². The number of ether oxygens (including phenoxy) is 3. The lowest BCUT2D eigenvalue weighted by Crippen LogP contribution is -2.48. The molecule has 1 spiro atoms. The maximum Gasteiger partial charge on any atom is 0.437 e. The number of amides is 3. The van der Waals surface area contributed by atoms with Crippen molar-refractivity contribution in [2.24, 2.45) is 23.2 Å². The van der Waals surface area contributed by atoms with Crippen LogP contribution in [0.3, 0.4) is 0 Å². The summed E-state index contributed by atoms with van der Waals surface area (Å²) in [5.41, 5.74) is -3.81. The monoisotopic (exact) mass is 900 g/mol. The zero-order chi connectivity index (χ0) is 45.1. The maximum atomic E-state index is 15.1. The molecule has 2 aromatic rings. The number of hydrogen-bond donors (Lipinski definition) is 1. The number of piperidine rings is 1. The Morgan fingerprint density at radius 1 is 1.03 bits per heavy atom. The van der Waals surface area contributed by atoms with Crippen molar-refractivity contribution < 1.29 is 59.8 Å². The number of hydrogen-bond acceptors (Lipinski definition) is 11. The summed E-state index contributed by atoms with van der Waals surface area (Å²) in [7, 11) is 0.242. The number of alkyl halides is 3. The first-order chi connectivity index (χ1) is 29.8. The molecule has 342 valence electrons. The van der Waals surface area contributed by atoms with E-state index in [4.69, 9.17) is 14.2 Å². The molecule has 4 fully saturated rings. The van der Waals surface area contributed by atoms with Crippen LogP contribution in [0.5, 0.6) is 11.5 Å². The lowest BCUT2D eigenvalue weighted by molar-refractivity contribution is -0.145. The van der Waals surface area contributed by atoms with Crippen molar-refractivity contribution >= 4 is 50.2 Å². The Morgan fingerprint density at radius 3 is 2.51 bits per heavy atom. The molecule has 8 rings (SSSR count). The predicted octanol–water partition coefficient (Wildman–Crippen LogP) is 5.48. The van der Waals surface area contributed by atoms with Crippen molar-refractivity contribution in [2.75, 3.05) is 41.0 Å². The smallest absolute Gasteiger partial charge is 0.437 e. The topological polar surface area (TPSA) is 179 Å². The van der Waals surface area contributed by atoms with E-state index >= 15 is 4.79 Å². The third-order valence-corrected chi connectivity index (χ3v) is 16.6. The summed E-state index contributed by atoms with van der Waals surface area (Å²) < 4.78 is 89.8. The highest BCUT2D eigenvalue weighted by atomic mass is 32.2. The second-order valence-electron chi connectivity index (χ2n) is 18.7. The minimum absolute atomic E-state index is 0.0733. The molecule has 2 aliphatic carbocycles. The Balaban J connectivity index is 1.16. The van der Waals surface area contributed by atoms with Gasteiger partial charge in [0, 0.05) is 69.2 Å². The number of nitrogens with one attached hydrogen (secondary N) is 1. The van der Waals surface area contributed by atoms with Gasteiger partial charge in [-0.25, -0.2) is 13.4 Å². The first-order valence-electron chi connectivity index (χ1n) is 21.9. The fraction of sp³-hybridized carbons (Fsp3) is 0.644. The minimum Gasteiger partial charge on any atom is -0.497 e. The maximum absolute atomic E-state index is 15.1. The lowest BCUT2D eigenvalue weighted by atomic mass is 9.85. The lowest BCUT2D eigenvalue weighted by Gasteiger charge is -2.37. The largest absolute Gasteiger partial charge is 0.497 e. The van der Waals surface area contributed by atoms with Crippen LogP contribution in [-0.4, -0.2) is 110 Å². The molecule has 2 saturated heterocycles. The van der Waals surface area contributed by atoms with Crippen LogP contribution in [0.1, 0.15) is 101 Å². The highest BCUT2D eigenvalue weighted by Gasteiger charge is 2.64. The number of pyridine rings is 1. The number of carbonyl (C=O) groups is 5. The van der Waals surface area contributed by atoms with Gasteiger partial charge in [-0.15, -0.1) is 0 Å². The standard InChI is InChI=1S/C45H55F3N4O10S/c1-51-24-28(11-14-37(51)55)35(53)19-27-9-7-5-4-6-8-10-29-21-44(29,41(57)50-63(58,59)43(17-18-43)26-60-2)23-36(54)34-22-42(25-52(34)40(27)56)16-15-31-32-20-30(61-3)12-13-33(32)49-39(38(31)62-42)45(46,47)48/h8,10,12-13,20,27-29,34H,4-7,9,11,14-19,21-26H2,1-3H3,(H,50,57)/b10-8-/t27-,28?,29-,34+,42-,44-/m1/s1. The highest BCUT2D eigenvalue weighted by molar-refractivity contribution is 7.91. The number of allylic oxidation sites excluding steroid dienone is 2. The number of fused-ring (bicyclic) bond motifs is 5. The van der Waals surface area contributed by atoms with E-state index in [1.165, 1.54) is 36.2 Å². The first-order valence-corrected chi connectivity index (χ1v) is 23.4. The number of sulfonamides is 1. The summed E-state index contributed by atoms with van der Waals surface area (Å²) in [6, 6.07) is 3.30. The van der Waals surface area contributed by atoms with Crippen LogP contribution in [0.25, 0.3) is 10.9 Å². The number of aryl methyl sites for hydroxylation is 1. The summed E-state index contributed by atoms with van der Waals surface area (Å²) >= 11 is 0. The number of Topliss-reactive ketones (excluding diaryl/α,β-unsaturated/α-hetero) is 2. The van der Waals surface area contributed by atoms with E-state index in [2.05, 4.69) is 9.71 Å². The van der Waals surface area contributed by atoms with E-state index in [-0.39, 0.29) is 81.0 Å². The van der Waals surface area contributed by atoms with Crippen molar-refractivity contribution in [3.8, 4) is 11.5 Å². The average molecular weight is 901 g/mol. The molecule has 3 amide bonds. The van der Waals surface area contributed by atoms with Crippen LogP contribution in [-0.2, 0) is 51.3 Å². The molecule has 4 aliphatic heterocycles. The van der Waals surface area contributed by atoms with Gasteiger partial charge in [0.05, 0.1) is 37.2 Å². The molecule has 0 bridgehead atoms. The third-order valence-electron chi connectivity index (χ3n) is 14.5. The molecule has 1 N–H and O–H groups in total. The normalized spacial score (nSPS) is 30.3. The second-order valence-corrected chi connectivity index (χ2v) is 20.8. The van der Waals surface area contributed by atoms with Crippen molar-refractivity contribution in [1.82, 2.24) is 19.5 Å². The van der Waals surface area contributed by atoms with Crippen LogP contribution in [0, 0.1) is 23.2 Å². The van der Waals surface area contributed by atoms with E-state index in [0.717, 1.165) is 6.42 Å². The van der Waals surface area contributed by atoms with Crippen molar-refractivity contribution in [1.29, 1.82) is 0 Å². The Morgan fingerprint density at radius 2 is 1.81 bits per heavy atom. The fourth-order valence-corrected chi connectivity index (χ4v) is 12.0. The summed E-state index contributed by atoms with van der Waals surface area (Å²) in [5, 5.41) is 0.412. The number of methoxy groups -OCH3 is 2. The summed E-state index contributed by atoms with van der Waals surface area (Å²) in [6.07, 6.45) is 2.58. The van der Waals surface area contributed by atoms with Gasteiger partial charge in [0.25, 0.3) is 0 Å². The molecule has 63 heavy (non-hydrogen) atoms. The second kappa shape index (κ2) is 16.8. The summed E-state index contributed by atoms with van der Waals surface area (Å²) in [4.78, 5) is 77.3. The van der Waals surface area contributed by atoms with Gasteiger partial charge in [-0.3, -0.25) is 28.7 Å². The molecule has 1 unspecified atom stereocenters. The molecule has 5 heterocycles. The van der Waals surface area contributed by atoms with E-state index < -0.39 is 91.2 Å². The number of rotatable bonds is 9. The zero-order valence-corrected chi connectivity index (χ0v) is 36.7. The number of nitrogens with zero attached hydrogens (tertiary/aromatic N) is 3. The van der Waals surface area contributed by atoms with E-state index in [0.29, 0.717) is 56.1 Å². The molecule has 6 atom stereocenters. The summed E-state index contributed by atoms with van der Waals surface area (Å²) in [5.74, 6) is -4.07. The molecule has 6 aliphatic rings. The molecule has 18 heteroatoms. The van der Waals surface area contributed by atoms with E-state index in [9.17, 15) is 40.8 Å². The quantitative estimate of drug-likeness (QED) is 0.315. The van der Waals surface area contributed by atoms with Gasteiger partial charge in [0.15, 0.2) is 17.2 Å². The Hall–Kier alpha value is -4.58. The number of benzene rings is 1. The third kappa shape index (κ3) is 8.57. The van der Waals surface area contributed by atoms with E-state index in [1.54, 1.807) is 13.1 Å². The molecular weight excluding hydrogens is 846 g/mol. The van der Waals surface area contributed by atoms with Gasteiger partial charge in [-0.1, -0.05) is 25.0 Å². The van der Waals surface area contributed by atoms with Crippen LogP contribution in [0.4, 0.5) is 13.2 Å². The SMILES string of the molecule is COCC1(S(=O)(=O)NC(=O)[C@]23CC(=O)[C@@H]4C[C@]5(CCc6c(c(C(F)(F)F)nc7ccc(OC)cc67)O5)CN4C(=O)[C@@H](CC(=O)C4CCC(=O)N(C)C4)CCCCC/C=C\[C@@H]2C3)CC1. The molecular formula is C45H55F3N4O10S. The van der Waals surface area contributed by atoms with Crippen LogP contribution in [0.2, 0.25) is 0 Å². The Labute approximate surface area is 364 Å². The van der Waals surface area contributed by atoms with Gasteiger partial charge in [0.1, 0.15) is 21.9 Å². The molecule has 14 nitrogen and oxygen atoms in total. The number of ketones is 2.